The van der Waals surface area contributed by atoms with Crippen molar-refractivity contribution < 1.29 is 23.9 Å². The lowest BCUT2D eigenvalue weighted by Gasteiger charge is -2.24. The maximum absolute atomic E-state index is 12.8. The van der Waals surface area contributed by atoms with Crippen LogP contribution >= 0.6 is 0 Å². The third-order valence-electron chi connectivity index (χ3n) is 4.52. The zero-order chi connectivity index (χ0) is 21.9. The Morgan fingerprint density at radius 1 is 0.867 bits per heavy atom. The Morgan fingerprint density at radius 3 is 1.97 bits per heavy atom. The van der Waals surface area contributed by atoms with Gasteiger partial charge in [-0.15, -0.1) is 0 Å². The van der Waals surface area contributed by atoms with E-state index in [1.54, 1.807) is 13.8 Å². The van der Waals surface area contributed by atoms with Gasteiger partial charge in [0.1, 0.15) is 18.7 Å². The van der Waals surface area contributed by atoms with Crippen LogP contribution in [0.15, 0.2) is 60.7 Å². The summed E-state index contributed by atoms with van der Waals surface area (Å²) >= 11 is 0. The van der Waals surface area contributed by atoms with Gasteiger partial charge in [-0.05, 0) is 17.0 Å². The molecule has 7 nitrogen and oxygen atoms in total. The molecule has 2 aromatic rings. The number of ether oxygens (including phenoxy) is 2. The van der Waals surface area contributed by atoms with E-state index in [1.807, 2.05) is 60.7 Å². The molecule has 2 amide bonds. The molecule has 0 radical (unpaired) electrons. The molecule has 0 bridgehead atoms. The van der Waals surface area contributed by atoms with Crippen LogP contribution in [0.25, 0.3) is 0 Å². The first-order chi connectivity index (χ1) is 14.4. The van der Waals surface area contributed by atoms with Gasteiger partial charge in [0.15, 0.2) is 0 Å². The van der Waals surface area contributed by atoms with Crippen molar-refractivity contribution >= 4 is 18.0 Å². The van der Waals surface area contributed by atoms with Gasteiger partial charge in [-0.1, -0.05) is 74.5 Å². The molecule has 0 heterocycles. The highest BCUT2D eigenvalue weighted by Crippen LogP contribution is 2.08. The van der Waals surface area contributed by atoms with E-state index in [0.29, 0.717) is 0 Å². The first kappa shape index (κ1) is 22.9. The normalized spacial score (nSPS) is 12.5. The molecule has 0 aliphatic heterocycles. The number of carbonyl (C=O) groups is 3. The van der Waals surface area contributed by atoms with Crippen LogP contribution in [0.3, 0.4) is 0 Å². The van der Waals surface area contributed by atoms with Crippen molar-refractivity contribution in [2.24, 2.45) is 5.92 Å². The summed E-state index contributed by atoms with van der Waals surface area (Å²) < 4.78 is 10.0. The number of esters is 1. The van der Waals surface area contributed by atoms with Gasteiger partial charge >= 0.3 is 12.1 Å². The second-order valence-corrected chi connectivity index (χ2v) is 7.20. The van der Waals surface area contributed by atoms with Gasteiger partial charge in [0, 0.05) is 6.42 Å². The quantitative estimate of drug-likeness (QED) is 0.618. The lowest BCUT2D eigenvalue weighted by molar-refractivity contribution is -0.145. The van der Waals surface area contributed by atoms with Crippen molar-refractivity contribution in [3.8, 4) is 0 Å². The van der Waals surface area contributed by atoms with Crippen molar-refractivity contribution in [1.29, 1.82) is 0 Å². The summed E-state index contributed by atoms with van der Waals surface area (Å²) in [5, 5.41) is 5.28. The number of hydrogen-bond acceptors (Lipinski definition) is 5. The molecule has 2 aromatic carbocycles. The second-order valence-electron chi connectivity index (χ2n) is 7.20. The Bertz CT molecular complexity index is 824. The molecule has 7 heteroatoms. The van der Waals surface area contributed by atoms with Gasteiger partial charge < -0.3 is 20.1 Å². The third kappa shape index (κ3) is 7.24. The average Bonchev–Trinajstić information content (AvgIpc) is 2.76. The molecule has 0 unspecified atom stereocenters. The van der Waals surface area contributed by atoms with E-state index in [9.17, 15) is 14.4 Å². The first-order valence-electron chi connectivity index (χ1n) is 9.80. The monoisotopic (exact) mass is 412 g/mol. The summed E-state index contributed by atoms with van der Waals surface area (Å²) in [7, 11) is 1.27. The third-order valence-corrected chi connectivity index (χ3v) is 4.52. The summed E-state index contributed by atoms with van der Waals surface area (Å²) in [4.78, 5) is 37.2. The summed E-state index contributed by atoms with van der Waals surface area (Å²) in [6.45, 7) is 3.69. The molecule has 0 aromatic heterocycles. The molecule has 2 N–H and O–H groups in total. The number of benzene rings is 2. The number of carbonyl (C=O) groups excluding carboxylic acids is 3. The van der Waals surface area contributed by atoms with Gasteiger partial charge in [0.25, 0.3) is 0 Å². The molecule has 0 saturated heterocycles. The molecule has 0 aliphatic rings. The van der Waals surface area contributed by atoms with Crippen LogP contribution < -0.4 is 10.6 Å². The van der Waals surface area contributed by atoms with E-state index in [1.165, 1.54) is 7.11 Å². The Morgan fingerprint density at radius 2 is 1.43 bits per heavy atom. The molecule has 0 aliphatic carbocycles. The lowest BCUT2D eigenvalue weighted by Crippen LogP contribution is -2.54. The second kappa shape index (κ2) is 11.6. The fourth-order valence-electron chi connectivity index (χ4n) is 2.87. The van der Waals surface area contributed by atoms with Crippen molar-refractivity contribution in [2.75, 3.05) is 7.11 Å². The summed E-state index contributed by atoms with van der Waals surface area (Å²) in [5.41, 5.74) is 1.72. The summed E-state index contributed by atoms with van der Waals surface area (Å²) in [6.07, 6.45) is -0.423. The van der Waals surface area contributed by atoms with Crippen LogP contribution in [0, 0.1) is 5.92 Å². The Kier molecular flexibility index (Phi) is 8.87. The smallest absolute Gasteiger partial charge is 0.408 e. The zero-order valence-corrected chi connectivity index (χ0v) is 17.5. The van der Waals surface area contributed by atoms with E-state index < -0.39 is 30.1 Å². The van der Waals surface area contributed by atoms with Crippen LogP contribution in [0.1, 0.15) is 25.0 Å². The van der Waals surface area contributed by atoms with Gasteiger partial charge in [0.2, 0.25) is 5.91 Å². The van der Waals surface area contributed by atoms with Gasteiger partial charge in [-0.2, -0.15) is 0 Å². The summed E-state index contributed by atoms with van der Waals surface area (Å²) in [5.74, 6) is -1.25. The highest BCUT2D eigenvalue weighted by Gasteiger charge is 2.29. The first-order valence-corrected chi connectivity index (χ1v) is 9.80. The van der Waals surface area contributed by atoms with Crippen LogP contribution in [0.2, 0.25) is 0 Å². The largest absolute Gasteiger partial charge is 0.467 e. The van der Waals surface area contributed by atoms with Gasteiger partial charge in [-0.3, -0.25) is 4.79 Å². The van der Waals surface area contributed by atoms with Crippen molar-refractivity contribution in [1.82, 2.24) is 10.6 Å². The molecular weight excluding hydrogens is 384 g/mol. The molecule has 0 spiro atoms. The van der Waals surface area contributed by atoms with E-state index in [2.05, 4.69) is 10.6 Å². The number of methoxy groups -OCH3 is 1. The van der Waals surface area contributed by atoms with E-state index >= 15 is 0 Å². The van der Waals surface area contributed by atoms with Gasteiger partial charge in [0.05, 0.1) is 7.11 Å². The lowest BCUT2D eigenvalue weighted by atomic mass is 10.0. The van der Waals surface area contributed by atoms with E-state index in [-0.39, 0.29) is 18.9 Å². The Hall–Kier alpha value is -3.35. The minimum Gasteiger partial charge on any atom is -0.467 e. The number of alkyl carbamates (subject to hydrolysis) is 1. The van der Waals surface area contributed by atoms with E-state index in [0.717, 1.165) is 11.1 Å². The molecular formula is C23H28N2O5. The van der Waals surface area contributed by atoms with Crippen molar-refractivity contribution in [3.63, 3.8) is 0 Å². The number of nitrogens with one attached hydrogen (secondary N) is 2. The average molecular weight is 412 g/mol. The molecule has 0 saturated carbocycles. The molecule has 2 rings (SSSR count). The Labute approximate surface area is 176 Å². The standard InChI is InChI=1S/C23H28N2O5/c1-16(2)20(25-23(28)30-15-18-12-8-5-9-13-18)21(26)24-19(22(27)29-3)14-17-10-6-4-7-11-17/h4-13,16,19-20H,14-15H2,1-3H3,(H,24,26)(H,25,28)/t19-,20-/m1/s1. The SMILES string of the molecule is COC(=O)[C@@H](Cc1ccccc1)NC(=O)[C@H](NC(=O)OCc1ccccc1)C(C)C. The fourth-order valence-corrected chi connectivity index (χ4v) is 2.87. The molecule has 0 fully saturated rings. The molecule has 160 valence electrons. The molecule has 30 heavy (non-hydrogen) atoms. The van der Waals surface area contributed by atoms with Crippen LogP contribution in [-0.2, 0) is 32.1 Å². The maximum atomic E-state index is 12.8. The minimum absolute atomic E-state index is 0.0951. The van der Waals surface area contributed by atoms with Gasteiger partial charge in [-0.25, -0.2) is 9.59 Å². The predicted molar refractivity (Wildman–Crippen MR) is 112 cm³/mol. The predicted octanol–water partition coefficient (Wildman–Crippen LogP) is 2.84. The Balaban J connectivity index is 1.99. The van der Waals surface area contributed by atoms with Crippen LogP contribution in [-0.4, -0.2) is 37.2 Å². The highest BCUT2D eigenvalue weighted by molar-refractivity contribution is 5.90. The number of hydrogen-bond donors (Lipinski definition) is 2. The van der Waals surface area contributed by atoms with Crippen molar-refractivity contribution in [3.05, 3.63) is 71.8 Å². The fraction of sp³-hybridized carbons (Fsp3) is 0.348. The molecule has 2 atom stereocenters. The summed E-state index contributed by atoms with van der Waals surface area (Å²) in [6, 6.07) is 16.8. The minimum atomic E-state index is -0.867. The maximum Gasteiger partial charge on any atom is 0.408 e. The topological polar surface area (TPSA) is 93.7 Å². The van der Waals surface area contributed by atoms with Crippen LogP contribution in [0.5, 0.6) is 0 Å². The van der Waals surface area contributed by atoms with E-state index in [4.69, 9.17) is 9.47 Å². The van der Waals surface area contributed by atoms with Crippen LogP contribution in [0.4, 0.5) is 4.79 Å². The highest BCUT2D eigenvalue weighted by atomic mass is 16.5. The zero-order valence-electron chi connectivity index (χ0n) is 17.5. The number of rotatable bonds is 9. The van der Waals surface area contributed by atoms with Crippen molar-refractivity contribution in [2.45, 2.75) is 39.0 Å². The number of amides is 2.